The molecule has 0 heterocycles. The van der Waals surface area contributed by atoms with Crippen LogP contribution >= 0.6 is 0 Å². The quantitative estimate of drug-likeness (QED) is 0.805. The van der Waals surface area contributed by atoms with Crippen molar-refractivity contribution in [3.63, 3.8) is 0 Å². The smallest absolute Gasteiger partial charge is 0.339 e. The van der Waals surface area contributed by atoms with E-state index in [-0.39, 0.29) is 4.90 Å². The Bertz CT molecular complexity index is 790. The molecule has 0 radical (unpaired) electrons. The maximum Gasteiger partial charge on any atom is 0.339 e. The molecule has 0 aromatic heterocycles. The minimum absolute atomic E-state index is 0.228. The fourth-order valence-electron chi connectivity index (χ4n) is 2.16. The van der Waals surface area contributed by atoms with Crippen LogP contribution in [0.4, 0.5) is 0 Å². The molecule has 0 amide bonds. The van der Waals surface area contributed by atoms with E-state index in [1.54, 1.807) is 12.1 Å². The largest absolute Gasteiger partial charge is 0.379 e. The van der Waals surface area contributed by atoms with Gasteiger partial charge >= 0.3 is 10.1 Å². The zero-order valence-corrected chi connectivity index (χ0v) is 13.8. The maximum atomic E-state index is 12.5. The monoisotopic (exact) mass is 304 g/mol. The molecule has 3 nitrogen and oxygen atoms in total. The second kappa shape index (κ2) is 5.53. The van der Waals surface area contributed by atoms with Crippen LogP contribution in [0.1, 0.15) is 27.8 Å². The molecule has 0 aliphatic carbocycles. The fraction of sp³-hybridized carbons (Fsp3) is 0.294. The number of benzene rings is 2. The van der Waals surface area contributed by atoms with Crippen molar-refractivity contribution in [3.8, 4) is 5.75 Å². The summed E-state index contributed by atoms with van der Waals surface area (Å²) in [6.45, 7) is 9.42. The van der Waals surface area contributed by atoms with E-state index in [0.717, 1.165) is 27.8 Å². The van der Waals surface area contributed by atoms with Gasteiger partial charge in [-0.05, 0) is 74.6 Å². The first-order valence-corrected chi connectivity index (χ1v) is 8.22. The second-order valence-corrected chi connectivity index (χ2v) is 6.95. The van der Waals surface area contributed by atoms with Gasteiger partial charge in [0.15, 0.2) is 0 Å². The number of aryl methyl sites for hydroxylation is 3. The molecule has 0 aliphatic heterocycles. The van der Waals surface area contributed by atoms with E-state index in [4.69, 9.17) is 4.18 Å². The van der Waals surface area contributed by atoms with Crippen LogP contribution in [-0.4, -0.2) is 8.42 Å². The van der Waals surface area contributed by atoms with E-state index in [2.05, 4.69) is 0 Å². The Labute approximate surface area is 126 Å². The molecule has 0 spiro atoms. The molecule has 0 saturated carbocycles. The van der Waals surface area contributed by atoms with Crippen molar-refractivity contribution < 1.29 is 12.6 Å². The van der Waals surface area contributed by atoms with Crippen molar-refractivity contribution >= 4 is 10.1 Å². The third-order valence-electron chi connectivity index (χ3n) is 3.82. The lowest BCUT2D eigenvalue weighted by molar-refractivity contribution is 0.483. The summed E-state index contributed by atoms with van der Waals surface area (Å²) in [5.74, 6) is 0.382. The Morgan fingerprint density at radius 1 is 0.810 bits per heavy atom. The highest BCUT2D eigenvalue weighted by Crippen LogP contribution is 2.27. The summed E-state index contributed by atoms with van der Waals surface area (Å²) in [6.07, 6.45) is 0. The van der Waals surface area contributed by atoms with Crippen LogP contribution in [-0.2, 0) is 10.1 Å². The van der Waals surface area contributed by atoms with Gasteiger partial charge in [-0.15, -0.1) is 0 Å². The van der Waals surface area contributed by atoms with Crippen LogP contribution in [0.3, 0.4) is 0 Å². The lowest BCUT2D eigenvalue weighted by Crippen LogP contribution is -2.13. The summed E-state index contributed by atoms with van der Waals surface area (Å²) < 4.78 is 30.4. The molecule has 2 aromatic carbocycles. The van der Waals surface area contributed by atoms with Gasteiger partial charge in [0.2, 0.25) is 0 Å². The Hall–Kier alpha value is -1.81. The lowest BCUT2D eigenvalue weighted by Gasteiger charge is -2.14. The van der Waals surface area contributed by atoms with Gasteiger partial charge in [-0.2, -0.15) is 8.42 Å². The molecule has 112 valence electrons. The maximum absolute atomic E-state index is 12.5. The lowest BCUT2D eigenvalue weighted by atomic mass is 10.1. The van der Waals surface area contributed by atoms with Gasteiger partial charge in [-0.3, -0.25) is 0 Å². The Morgan fingerprint density at radius 2 is 1.43 bits per heavy atom. The highest BCUT2D eigenvalue weighted by Gasteiger charge is 2.21. The van der Waals surface area contributed by atoms with Gasteiger partial charge in [-0.25, -0.2) is 0 Å². The van der Waals surface area contributed by atoms with Crippen molar-refractivity contribution in [3.05, 3.63) is 58.1 Å². The molecule has 0 N–H and O–H groups in total. The Morgan fingerprint density at radius 3 is 2.10 bits per heavy atom. The molecule has 0 atom stereocenters. The topological polar surface area (TPSA) is 43.4 Å². The molecule has 0 bridgehead atoms. The van der Waals surface area contributed by atoms with Gasteiger partial charge in [0.1, 0.15) is 10.6 Å². The predicted octanol–water partition coefficient (Wildman–Crippen LogP) is 4.00. The first-order chi connectivity index (χ1) is 9.72. The average Bonchev–Trinajstić information content (AvgIpc) is 2.39. The Balaban J connectivity index is 2.49. The number of rotatable bonds is 3. The molecule has 2 aromatic rings. The summed E-state index contributed by atoms with van der Waals surface area (Å²) in [7, 11) is -3.82. The van der Waals surface area contributed by atoms with Crippen LogP contribution in [0.25, 0.3) is 0 Å². The normalized spacial score (nSPS) is 11.5. The third kappa shape index (κ3) is 3.10. The zero-order valence-electron chi connectivity index (χ0n) is 13.0. The first-order valence-electron chi connectivity index (χ1n) is 6.81. The van der Waals surface area contributed by atoms with Crippen LogP contribution < -0.4 is 4.18 Å². The minimum atomic E-state index is -3.82. The minimum Gasteiger partial charge on any atom is -0.379 e. The second-order valence-electron chi connectivity index (χ2n) is 5.44. The molecule has 4 heteroatoms. The first kappa shape index (κ1) is 15.6. The summed E-state index contributed by atoms with van der Waals surface area (Å²) >= 11 is 0. The molecule has 0 saturated heterocycles. The zero-order chi connectivity index (χ0) is 15.8. The van der Waals surface area contributed by atoms with E-state index >= 15 is 0 Å². The van der Waals surface area contributed by atoms with Crippen LogP contribution in [0.5, 0.6) is 5.75 Å². The van der Waals surface area contributed by atoms with E-state index in [1.165, 1.54) is 0 Å². The molecular formula is C17H20O3S. The SMILES string of the molecule is Cc1ccc(C)c(OS(=O)(=O)c2ccc(C)c(C)c2C)c1. The van der Waals surface area contributed by atoms with Crippen LogP contribution in [0.15, 0.2) is 35.2 Å². The standard InChI is InChI=1S/C17H20O3S/c1-11-6-7-13(3)16(10-11)20-21(18,19)17-9-8-12(2)14(4)15(17)5/h6-10H,1-5H3. The highest BCUT2D eigenvalue weighted by atomic mass is 32.2. The van der Waals surface area contributed by atoms with Gasteiger partial charge < -0.3 is 4.18 Å². The van der Waals surface area contributed by atoms with E-state index < -0.39 is 10.1 Å². The highest BCUT2D eigenvalue weighted by molar-refractivity contribution is 7.87. The van der Waals surface area contributed by atoms with Crippen LogP contribution in [0, 0.1) is 34.6 Å². The summed E-state index contributed by atoms with van der Waals surface area (Å²) in [5, 5.41) is 0. The third-order valence-corrected chi connectivity index (χ3v) is 5.20. The summed E-state index contributed by atoms with van der Waals surface area (Å²) in [6, 6.07) is 8.94. The average molecular weight is 304 g/mol. The van der Waals surface area contributed by atoms with Crippen molar-refractivity contribution in [2.45, 2.75) is 39.5 Å². The Kier molecular flexibility index (Phi) is 4.10. The predicted molar refractivity (Wildman–Crippen MR) is 84.4 cm³/mol. The molecule has 21 heavy (non-hydrogen) atoms. The number of hydrogen-bond donors (Lipinski definition) is 0. The molecule has 2 rings (SSSR count). The van der Waals surface area contributed by atoms with E-state index in [9.17, 15) is 8.42 Å². The fourth-order valence-corrected chi connectivity index (χ4v) is 3.43. The van der Waals surface area contributed by atoms with Gasteiger partial charge in [0, 0.05) is 0 Å². The van der Waals surface area contributed by atoms with E-state index in [0.29, 0.717) is 5.75 Å². The summed E-state index contributed by atoms with van der Waals surface area (Å²) in [4.78, 5) is 0.228. The molecular weight excluding hydrogens is 284 g/mol. The van der Waals surface area contributed by atoms with E-state index in [1.807, 2.05) is 52.8 Å². The number of hydrogen-bond acceptors (Lipinski definition) is 3. The van der Waals surface area contributed by atoms with Gasteiger partial charge in [0.25, 0.3) is 0 Å². The van der Waals surface area contributed by atoms with Crippen molar-refractivity contribution in [2.24, 2.45) is 0 Å². The molecule has 0 fully saturated rings. The van der Waals surface area contributed by atoms with Gasteiger partial charge in [0.05, 0.1) is 0 Å². The van der Waals surface area contributed by atoms with Crippen molar-refractivity contribution in [1.29, 1.82) is 0 Å². The molecule has 0 aliphatic rings. The van der Waals surface area contributed by atoms with Crippen molar-refractivity contribution in [2.75, 3.05) is 0 Å². The molecule has 0 unspecified atom stereocenters. The van der Waals surface area contributed by atoms with Crippen LogP contribution in [0.2, 0.25) is 0 Å². The summed E-state index contributed by atoms with van der Waals surface area (Å²) in [5.41, 5.74) is 4.53. The van der Waals surface area contributed by atoms with Gasteiger partial charge in [-0.1, -0.05) is 18.2 Å². The van der Waals surface area contributed by atoms with Crippen molar-refractivity contribution in [1.82, 2.24) is 0 Å².